The van der Waals surface area contributed by atoms with Crippen LogP contribution in [0.4, 0.5) is 4.39 Å². The molecular weight excluding hydrogens is 503 g/mol. The Balaban J connectivity index is 1.41. The number of halogens is 1. The van der Waals surface area contributed by atoms with E-state index in [1.807, 2.05) is 48.5 Å². The number of unbranched alkanes of at least 4 members (excludes halogenated alkanes) is 8. The first-order valence-corrected chi connectivity index (χ1v) is 15.0. The monoisotopic (exact) mass is 548 g/mol. The lowest BCUT2D eigenvalue weighted by molar-refractivity contribution is 0.0734. The Bertz CT molecular complexity index is 1090. The van der Waals surface area contributed by atoms with Crippen LogP contribution in [0.3, 0.4) is 0 Å². The first kappa shape index (κ1) is 31.2. The highest BCUT2D eigenvalue weighted by Crippen LogP contribution is 2.25. The van der Waals surface area contributed by atoms with Crippen molar-refractivity contribution in [2.75, 3.05) is 13.2 Å². The van der Waals surface area contributed by atoms with Crippen LogP contribution in [0.2, 0.25) is 0 Å². The maximum Gasteiger partial charge on any atom is 0.343 e. The van der Waals surface area contributed by atoms with Gasteiger partial charge in [-0.3, -0.25) is 0 Å². The van der Waals surface area contributed by atoms with E-state index in [4.69, 9.17) is 14.2 Å². The molecule has 3 aromatic rings. The van der Waals surface area contributed by atoms with Gasteiger partial charge in [-0.2, -0.15) is 0 Å². The third kappa shape index (κ3) is 11.4. The molecule has 0 aliphatic rings. The van der Waals surface area contributed by atoms with Gasteiger partial charge in [-0.05, 0) is 72.5 Å². The van der Waals surface area contributed by atoms with Crippen molar-refractivity contribution in [2.45, 2.75) is 90.6 Å². The molecule has 40 heavy (non-hydrogen) atoms. The summed E-state index contributed by atoms with van der Waals surface area (Å²) in [5.41, 5.74) is 2.46. The van der Waals surface area contributed by atoms with Gasteiger partial charge >= 0.3 is 5.97 Å². The topological polar surface area (TPSA) is 44.8 Å². The first-order chi connectivity index (χ1) is 19.6. The van der Waals surface area contributed by atoms with E-state index in [2.05, 4.69) is 13.8 Å². The number of hydrogen-bond donors (Lipinski definition) is 0. The second-order valence-electron chi connectivity index (χ2n) is 10.3. The highest BCUT2D eigenvalue weighted by atomic mass is 19.1. The van der Waals surface area contributed by atoms with Gasteiger partial charge in [0.05, 0.1) is 12.2 Å². The number of benzene rings is 3. The van der Waals surface area contributed by atoms with Gasteiger partial charge in [0.25, 0.3) is 0 Å². The maximum atomic E-state index is 14.0. The predicted octanol–water partition coefficient (Wildman–Crippen LogP) is 10.00. The largest absolute Gasteiger partial charge is 0.494 e. The molecule has 1 unspecified atom stereocenters. The molecule has 0 spiro atoms. The fourth-order valence-corrected chi connectivity index (χ4v) is 4.45. The van der Waals surface area contributed by atoms with Crippen LogP contribution in [0.25, 0.3) is 11.1 Å². The molecule has 0 aromatic heterocycles. The Morgan fingerprint density at radius 1 is 0.625 bits per heavy atom. The van der Waals surface area contributed by atoms with E-state index in [0.717, 1.165) is 49.0 Å². The van der Waals surface area contributed by atoms with Crippen molar-refractivity contribution in [3.8, 4) is 28.4 Å². The van der Waals surface area contributed by atoms with Crippen LogP contribution in [-0.2, 0) is 0 Å². The van der Waals surface area contributed by atoms with Crippen LogP contribution in [0.1, 0.15) is 94.8 Å². The molecular formula is C35H45FO4. The minimum Gasteiger partial charge on any atom is -0.494 e. The van der Waals surface area contributed by atoms with Crippen LogP contribution >= 0.6 is 0 Å². The van der Waals surface area contributed by atoms with Gasteiger partial charge in [0.15, 0.2) is 0 Å². The molecule has 0 bridgehead atoms. The number of carbonyl (C=O) groups excluding carboxylic acids is 1. The molecule has 0 amide bonds. The molecule has 1 atom stereocenters. The number of rotatable bonds is 19. The summed E-state index contributed by atoms with van der Waals surface area (Å²) in [6, 6.07) is 22.1. The molecule has 3 rings (SSSR count). The van der Waals surface area contributed by atoms with Crippen molar-refractivity contribution >= 4 is 5.97 Å². The third-order valence-corrected chi connectivity index (χ3v) is 6.91. The van der Waals surface area contributed by atoms with Crippen molar-refractivity contribution in [3.63, 3.8) is 0 Å². The van der Waals surface area contributed by atoms with Crippen molar-refractivity contribution in [3.05, 3.63) is 78.4 Å². The van der Waals surface area contributed by atoms with E-state index in [1.165, 1.54) is 32.1 Å². The fraction of sp³-hybridized carbons (Fsp3) is 0.457. The lowest BCUT2D eigenvalue weighted by Gasteiger charge is -2.11. The van der Waals surface area contributed by atoms with Crippen LogP contribution in [-0.4, -0.2) is 25.4 Å². The number of esters is 1. The molecule has 3 aromatic carbocycles. The Morgan fingerprint density at radius 2 is 1.12 bits per heavy atom. The standard InChI is InChI=1S/C35H45FO4/c1-3-5-7-9-10-12-26-38-32-22-18-30(19-23-32)35(37)40-34-24-16-29(17-25-34)28-14-20-33(21-15-28)39-27-31(36)13-11-8-6-4-2/h14-25,31H,3-13,26-27H2,1-2H3. The van der Waals surface area contributed by atoms with Crippen molar-refractivity contribution in [2.24, 2.45) is 0 Å². The summed E-state index contributed by atoms with van der Waals surface area (Å²) in [5.74, 6) is 1.49. The average Bonchev–Trinajstić information content (AvgIpc) is 2.99. The summed E-state index contributed by atoms with van der Waals surface area (Å²) in [4.78, 5) is 12.6. The number of ether oxygens (including phenoxy) is 3. The fourth-order valence-electron chi connectivity index (χ4n) is 4.45. The molecule has 0 saturated carbocycles. The molecule has 216 valence electrons. The zero-order chi connectivity index (χ0) is 28.4. The van der Waals surface area contributed by atoms with Crippen LogP contribution < -0.4 is 14.2 Å². The summed E-state index contributed by atoms with van der Waals surface area (Å²) >= 11 is 0. The van der Waals surface area contributed by atoms with E-state index in [0.29, 0.717) is 30.1 Å². The molecule has 0 aliphatic heterocycles. The van der Waals surface area contributed by atoms with Crippen LogP contribution in [0, 0.1) is 0 Å². The molecule has 5 heteroatoms. The van der Waals surface area contributed by atoms with E-state index >= 15 is 0 Å². The molecule has 4 nitrogen and oxygen atoms in total. The number of hydrogen-bond acceptors (Lipinski definition) is 4. The molecule has 0 saturated heterocycles. The summed E-state index contributed by atoms with van der Waals surface area (Å²) in [6.07, 6.45) is 11.2. The number of carbonyl (C=O) groups is 1. The van der Waals surface area contributed by atoms with Crippen LogP contribution in [0.5, 0.6) is 17.2 Å². The highest BCUT2D eigenvalue weighted by molar-refractivity contribution is 5.91. The summed E-state index contributed by atoms with van der Waals surface area (Å²) in [6.45, 7) is 5.14. The van der Waals surface area contributed by atoms with Crippen molar-refractivity contribution in [1.29, 1.82) is 0 Å². The van der Waals surface area contributed by atoms with Gasteiger partial charge in [0, 0.05) is 0 Å². The zero-order valence-corrected chi connectivity index (χ0v) is 24.2. The van der Waals surface area contributed by atoms with Gasteiger partial charge in [-0.25, -0.2) is 9.18 Å². The zero-order valence-electron chi connectivity index (χ0n) is 24.2. The second-order valence-corrected chi connectivity index (χ2v) is 10.3. The molecule has 0 aliphatic carbocycles. The maximum absolute atomic E-state index is 14.0. The van der Waals surface area contributed by atoms with E-state index < -0.39 is 12.1 Å². The Hall–Kier alpha value is -3.34. The van der Waals surface area contributed by atoms with Gasteiger partial charge in [-0.1, -0.05) is 95.9 Å². The summed E-state index contributed by atoms with van der Waals surface area (Å²) in [5, 5.41) is 0. The normalized spacial score (nSPS) is 11.7. The van der Waals surface area contributed by atoms with E-state index in [-0.39, 0.29) is 6.61 Å². The molecule has 0 radical (unpaired) electrons. The summed E-state index contributed by atoms with van der Waals surface area (Å²) < 4.78 is 31.0. The second kappa shape index (κ2) is 18.1. The lowest BCUT2D eigenvalue weighted by Crippen LogP contribution is -2.12. The van der Waals surface area contributed by atoms with Crippen molar-refractivity contribution < 1.29 is 23.4 Å². The molecule has 0 heterocycles. The highest BCUT2D eigenvalue weighted by Gasteiger charge is 2.10. The third-order valence-electron chi connectivity index (χ3n) is 6.91. The van der Waals surface area contributed by atoms with E-state index in [1.54, 1.807) is 24.3 Å². The summed E-state index contributed by atoms with van der Waals surface area (Å²) in [7, 11) is 0. The average molecular weight is 549 g/mol. The molecule has 0 N–H and O–H groups in total. The Labute approximate surface area is 239 Å². The van der Waals surface area contributed by atoms with Gasteiger partial charge < -0.3 is 14.2 Å². The Morgan fingerprint density at radius 3 is 1.75 bits per heavy atom. The minimum absolute atomic E-state index is 0.0838. The smallest absolute Gasteiger partial charge is 0.343 e. The quantitative estimate of drug-likeness (QED) is 0.0849. The van der Waals surface area contributed by atoms with Gasteiger partial charge in [0.1, 0.15) is 30.0 Å². The predicted molar refractivity (Wildman–Crippen MR) is 161 cm³/mol. The minimum atomic E-state index is -0.937. The Kier molecular flexibility index (Phi) is 14.1. The SMILES string of the molecule is CCCCCCCCOc1ccc(C(=O)Oc2ccc(-c3ccc(OCC(F)CCCCCC)cc3)cc2)cc1. The van der Waals surface area contributed by atoms with Crippen LogP contribution in [0.15, 0.2) is 72.8 Å². The lowest BCUT2D eigenvalue weighted by atomic mass is 10.1. The first-order valence-electron chi connectivity index (χ1n) is 15.0. The van der Waals surface area contributed by atoms with Gasteiger partial charge in [0.2, 0.25) is 0 Å². The van der Waals surface area contributed by atoms with Crippen molar-refractivity contribution in [1.82, 2.24) is 0 Å². The van der Waals surface area contributed by atoms with Gasteiger partial charge in [-0.15, -0.1) is 0 Å². The van der Waals surface area contributed by atoms with E-state index in [9.17, 15) is 9.18 Å². The number of alkyl halides is 1. The molecule has 0 fully saturated rings.